The molecule has 0 aromatic carbocycles. The summed E-state index contributed by atoms with van der Waals surface area (Å²) in [6, 6.07) is 0. The van der Waals surface area contributed by atoms with Crippen molar-refractivity contribution in [1.29, 1.82) is 0 Å². The van der Waals surface area contributed by atoms with Crippen LogP contribution in [0.1, 0.15) is 168 Å². The molecule has 0 amide bonds. The largest absolute Gasteiger partial charge is 0.490 e. The first kappa shape index (κ1) is 42.3. The maximum absolute atomic E-state index is 10.6. The third-order valence-electron chi connectivity index (χ3n) is 7.30. The number of hydrogen-bond donors (Lipinski definition) is 2. The lowest BCUT2D eigenvalue weighted by Gasteiger charge is -2.16. The molecular formula is C33H66F3NO4. The number of carboxylic acid groups (broad SMARTS) is 1. The fraction of sp³-hybridized carbons (Fsp3) is 0.970. The van der Waals surface area contributed by atoms with Crippen molar-refractivity contribution in [2.45, 2.75) is 180 Å². The van der Waals surface area contributed by atoms with Gasteiger partial charge in [-0.2, -0.15) is 13.2 Å². The zero-order valence-electron chi connectivity index (χ0n) is 26.8. The molecule has 0 rings (SSSR count). The van der Waals surface area contributed by atoms with Gasteiger partial charge in [0.25, 0.3) is 0 Å². The van der Waals surface area contributed by atoms with Gasteiger partial charge in [-0.05, 0) is 12.8 Å². The van der Waals surface area contributed by atoms with Crippen molar-refractivity contribution >= 4 is 5.97 Å². The number of ether oxygens (including phenoxy) is 2. The zero-order valence-corrected chi connectivity index (χ0v) is 26.8. The molecule has 41 heavy (non-hydrogen) atoms. The maximum Gasteiger partial charge on any atom is 0.490 e. The van der Waals surface area contributed by atoms with E-state index < -0.39 is 12.1 Å². The molecule has 5 nitrogen and oxygen atoms in total. The van der Waals surface area contributed by atoms with Crippen LogP contribution in [0.3, 0.4) is 0 Å². The molecule has 0 aliphatic rings. The summed E-state index contributed by atoms with van der Waals surface area (Å²) in [5.74, 6) is -2.76. The quantitative estimate of drug-likeness (QED) is 0.0805. The number of aliphatic carboxylic acids is 1. The van der Waals surface area contributed by atoms with Crippen molar-refractivity contribution < 1.29 is 32.5 Å². The molecule has 8 heteroatoms. The molecule has 0 saturated heterocycles. The van der Waals surface area contributed by atoms with Gasteiger partial charge in [0.05, 0.1) is 12.7 Å². The van der Waals surface area contributed by atoms with E-state index in [4.69, 9.17) is 25.1 Å². The highest BCUT2D eigenvalue weighted by Crippen LogP contribution is 2.14. The molecule has 0 aliphatic carbocycles. The van der Waals surface area contributed by atoms with Gasteiger partial charge in [0.15, 0.2) is 0 Å². The van der Waals surface area contributed by atoms with Gasteiger partial charge in [-0.1, -0.05) is 155 Å². The van der Waals surface area contributed by atoms with Gasteiger partial charge in [-0.3, -0.25) is 0 Å². The Bertz CT molecular complexity index is 521. The second-order valence-corrected chi connectivity index (χ2v) is 11.4. The Morgan fingerprint density at radius 2 is 0.902 bits per heavy atom. The molecule has 0 saturated carbocycles. The fourth-order valence-electron chi connectivity index (χ4n) is 4.64. The number of halogens is 3. The number of carboxylic acids is 1. The molecular weight excluding hydrogens is 531 g/mol. The first-order valence-corrected chi connectivity index (χ1v) is 17.0. The van der Waals surface area contributed by atoms with Crippen LogP contribution in [0.5, 0.6) is 0 Å². The van der Waals surface area contributed by atoms with E-state index in [1.165, 1.54) is 148 Å². The van der Waals surface area contributed by atoms with Gasteiger partial charge in [0.1, 0.15) is 0 Å². The van der Waals surface area contributed by atoms with E-state index >= 15 is 0 Å². The molecule has 1 unspecified atom stereocenters. The normalized spacial score (nSPS) is 12.2. The molecule has 0 bridgehead atoms. The van der Waals surface area contributed by atoms with Crippen molar-refractivity contribution in [2.75, 3.05) is 26.4 Å². The molecule has 0 heterocycles. The first-order valence-electron chi connectivity index (χ1n) is 17.0. The lowest BCUT2D eigenvalue weighted by molar-refractivity contribution is -0.192. The molecule has 0 spiro atoms. The summed E-state index contributed by atoms with van der Waals surface area (Å²) in [6.45, 7) is 7.49. The lowest BCUT2D eigenvalue weighted by atomic mass is 10.1. The minimum Gasteiger partial charge on any atom is -0.475 e. The van der Waals surface area contributed by atoms with Gasteiger partial charge in [-0.25, -0.2) is 4.79 Å². The van der Waals surface area contributed by atoms with Gasteiger partial charge in [-0.15, -0.1) is 0 Å². The molecule has 248 valence electrons. The highest BCUT2D eigenvalue weighted by atomic mass is 19.4. The van der Waals surface area contributed by atoms with Crippen molar-refractivity contribution in [3.63, 3.8) is 0 Å². The van der Waals surface area contributed by atoms with E-state index in [2.05, 4.69) is 13.8 Å². The molecule has 0 aromatic heterocycles. The minimum atomic E-state index is -5.08. The molecule has 0 fully saturated rings. The molecule has 1 atom stereocenters. The van der Waals surface area contributed by atoms with E-state index in [9.17, 15) is 13.2 Å². The predicted octanol–water partition coefficient (Wildman–Crippen LogP) is 10.4. The Balaban J connectivity index is 0. The number of hydrogen-bond acceptors (Lipinski definition) is 4. The van der Waals surface area contributed by atoms with E-state index in [0.717, 1.165) is 19.6 Å². The van der Waals surface area contributed by atoms with Crippen LogP contribution in [0, 0.1) is 0 Å². The Morgan fingerprint density at radius 1 is 0.610 bits per heavy atom. The van der Waals surface area contributed by atoms with Gasteiger partial charge >= 0.3 is 12.1 Å². The van der Waals surface area contributed by atoms with Crippen LogP contribution < -0.4 is 5.73 Å². The topological polar surface area (TPSA) is 81.8 Å². The third kappa shape index (κ3) is 37.1. The number of alkyl halides is 3. The minimum absolute atomic E-state index is 0.0741. The maximum atomic E-state index is 10.6. The second kappa shape index (κ2) is 33.6. The van der Waals surface area contributed by atoms with Crippen LogP contribution >= 0.6 is 0 Å². The average molecular weight is 598 g/mol. The van der Waals surface area contributed by atoms with Gasteiger partial charge < -0.3 is 20.3 Å². The second-order valence-electron chi connectivity index (χ2n) is 11.4. The summed E-state index contributed by atoms with van der Waals surface area (Å²) >= 11 is 0. The van der Waals surface area contributed by atoms with Crippen LogP contribution in [0.25, 0.3) is 0 Å². The molecule has 0 aliphatic heterocycles. The highest BCUT2D eigenvalue weighted by Gasteiger charge is 2.38. The summed E-state index contributed by atoms with van der Waals surface area (Å²) in [6.07, 6.45) is 28.1. The van der Waals surface area contributed by atoms with E-state index in [1.54, 1.807) is 0 Å². The highest BCUT2D eigenvalue weighted by molar-refractivity contribution is 5.73. The molecule has 3 N–H and O–H groups in total. The smallest absolute Gasteiger partial charge is 0.475 e. The van der Waals surface area contributed by atoms with E-state index in [-0.39, 0.29) is 6.10 Å². The Kier molecular flexibility index (Phi) is 34.7. The van der Waals surface area contributed by atoms with Crippen LogP contribution in [-0.4, -0.2) is 49.7 Å². The Labute approximate surface area is 250 Å². The summed E-state index contributed by atoms with van der Waals surface area (Å²) in [5, 5.41) is 7.12. The number of carbonyl (C=O) groups is 1. The fourth-order valence-corrected chi connectivity index (χ4v) is 4.64. The number of unbranched alkanes of at least 4 members (excludes halogenated alkanes) is 22. The summed E-state index contributed by atoms with van der Waals surface area (Å²) < 4.78 is 43.5. The standard InChI is InChI=1S/C31H65NO2.C2HF3O2/c1-3-5-7-9-11-13-15-17-19-21-23-25-27-33-30-31(29-32)34-28-26-24-22-20-18-16-14-12-10-8-6-4-2;3-2(4,5)1(6)7/h31H,3-30,32H2,1-2H3;(H,6,7). The number of rotatable bonds is 30. The Hall–Kier alpha value is -0.860. The van der Waals surface area contributed by atoms with Crippen molar-refractivity contribution in [2.24, 2.45) is 5.73 Å². The third-order valence-corrected chi connectivity index (χ3v) is 7.30. The summed E-state index contributed by atoms with van der Waals surface area (Å²) in [4.78, 5) is 8.90. The molecule has 0 aromatic rings. The van der Waals surface area contributed by atoms with Crippen molar-refractivity contribution in [1.82, 2.24) is 0 Å². The van der Waals surface area contributed by atoms with Crippen LogP contribution in [0.4, 0.5) is 13.2 Å². The van der Waals surface area contributed by atoms with E-state index in [1.807, 2.05) is 0 Å². The van der Waals surface area contributed by atoms with Gasteiger partial charge in [0, 0.05) is 19.8 Å². The summed E-state index contributed by atoms with van der Waals surface area (Å²) in [5.41, 5.74) is 5.87. The monoisotopic (exact) mass is 597 g/mol. The predicted molar refractivity (Wildman–Crippen MR) is 165 cm³/mol. The van der Waals surface area contributed by atoms with Crippen molar-refractivity contribution in [3.8, 4) is 0 Å². The van der Waals surface area contributed by atoms with Gasteiger partial charge in [0.2, 0.25) is 0 Å². The van der Waals surface area contributed by atoms with E-state index in [0.29, 0.717) is 13.2 Å². The SMILES string of the molecule is CCCCCCCCCCCCCCOCC(CN)OCCCCCCCCCCCCCC.O=C(O)C(F)(F)F. The van der Waals surface area contributed by atoms with Crippen LogP contribution in [0.15, 0.2) is 0 Å². The summed E-state index contributed by atoms with van der Waals surface area (Å²) in [7, 11) is 0. The molecule has 0 radical (unpaired) electrons. The lowest BCUT2D eigenvalue weighted by Crippen LogP contribution is -2.29. The zero-order chi connectivity index (χ0) is 30.9. The van der Waals surface area contributed by atoms with Crippen molar-refractivity contribution in [3.05, 3.63) is 0 Å². The first-order chi connectivity index (χ1) is 19.8. The van der Waals surface area contributed by atoms with Crippen LogP contribution in [0.2, 0.25) is 0 Å². The Morgan fingerprint density at radius 3 is 1.20 bits per heavy atom. The number of nitrogens with two attached hydrogens (primary N) is 1. The van der Waals surface area contributed by atoms with Crippen LogP contribution in [-0.2, 0) is 14.3 Å². The average Bonchev–Trinajstić information content (AvgIpc) is 2.94.